The summed E-state index contributed by atoms with van der Waals surface area (Å²) in [6, 6.07) is 0. The minimum atomic E-state index is 0.340. The second-order valence-electron chi connectivity index (χ2n) is 2.53. The Bertz CT molecular complexity index is 274. The highest BCUT2D eigenvalue weighted by atomic mass is 35.5. The summed E-state index contributed by atoms with van der Waals surface area (Å²) in [5.41, 5.74) is 2.07. The van der Waals surface area contributed by atoms with Crippen LogP contribution in [0.2, 0.25) is 5.28 Å². The summed E-state index contributed by atoms with van der Waals surface area (Å²) in [5, 5.41) is 3.55. The van der Waals surface area contributed by atoms with E-state index in [2.05, 4.69) is 15.3 Å². The normalized spacial score (nSPS) is 15.4. The molecular formula is C7H8ClN3. The Labute approximate surface area is 69.8 Å². The zero-order valence-corrected chi connectivity index (χ0v) is 6.73. The highest BCUT2D eigenvalue weighted by Gasteiger charge is 2.09. The monoisotopic (exact) mass is 169 g/mol. The molecule has 4 heteroatoms. The third-order valence-electron chi connectivity index (χ3n) is 1.74. The predicted molar refractivity (Wildman–Crippen MR) is 43.9 cm³/mol. The van der Waals surface area contributed by atoms with Gasteiger partial charge in [0.05, 0.1) is 17.6 Å². The Morgan fingerprint density at radius 1 is 1.55 bits per heavy atom. The van der Waals surface area contributed by atoms with Crippen molar-refractivity contribution in [3.8, 4) is 0 Å². The molecule has 0 spiro atoms. The number of hydrogen-bond donors (Lipinski definition) is 1. The van der Waals surface area contributed by atoms with Crippen LogP contribution >= 0.6 is 11.6 Å². The van der Waals surface area contributed by atoms with Crippen LogP contribution in [0.1, 0.15) is 12.1 Å². The Morgan fingerprint density at radius 3 is 3.36 bits per heavy atom. The molecule has 1 N–H and O–H groups in total. The van der Waals surface area contributed by atoms with Gasteiger partial charge in [0, 0.05) is 6.54 Å². The molecule has 2 rings (SSSR count). The van der Waals surface area contributed by atoms with E-state index in [-0.39, 0.29) is 0 Å². The van der Waals surface area contributed by atoms with E-state index in [9.17, 15) is 0 Å². The molecule has 2 heterocycles. The quantitative estimate of drug-likeness (QED) is 0.598. The summed E-state index contributed by atoms with van der Waals surface area (Å²) >= 11 is 5.63. The van der Waals surface area contributed by atoms with Crippen molar-refractivity contribution >= 4 is 17.3 Å². The minimum Gasteiger partial charge on any atom is -0.382 e. The fourth-order valence-corrected chi connectivity index (χ4v) is 1.36. The number of rotatable bonds is 0. The van der Waals surface area contributed by atoms with Gasteiger partial charge in [-0.15, -0.1) is 0 Å². The summed E-state index contributed by atoms with van der Waals surface area (Å²) < 4.78 is 0. The lowest BCUT2D eigenvalue weighted by Crippen LogP contribution is -2.13. The minimum absolute atomic E-state index is 0.340. The number of anilines is 1. The van der Waals surface area contributed by atoms with Crippen LogP contribution < -0.4 is 5.32 Å². The molecule has 1 aromatic rings. The van der Waals surface area contributed by atoms with Gasteiger partial charge >= 0.3 is 0 Å². The van der Waals surface area contributed by atoms with Crippen molar-refractivity contribution < 1.29 is 0 Å². The maximum atomic E-state index is 5.63. The molecule has 0 aliphatic carbocycles. The molecule has 0 aromatic carbocycles. The zero-order chi connectivity index (χ0) is 7.68. The highest BCUT2D eigenvalue weighted by molar-refractivity contribution is 6.28. The van der Waals surface area contributed by atoms with Gasteiger partial charge in [0.25, 0.3) is 0 Å². The summed E-state index contributed by atoms with van der Waals surface area (Å²) in [6.45, 7) is 1.01. The first kappa shape index (κ1) is 6.85. The SMILES string of the molecule is Clc1ncc2c(n1)CCCN2. The van der Waals surface area contributed by atoms with E-state index in [1.54, 1.807) is 6.20 Å². The van der Waals surface area contributed by atoms with Crippen LogP contribution in [0.5, 0.6) is 0 Å². The Morgan fingerprint density at radius 2 is 2.45 bits per heavy atom. The van der Waals surface area contributed by atoms with Crippen LogP contribution in [0.3, 0.4) is 0 Å². The topological polar surface area (TPSA) is 37.8 Å². The molecule has 3 nitrogen and oxygen atoms in total. The number of hydrogen-bond acceptors (Lipinski definition) is 3. The van der Waals surface area contributed by atoms with Crippen LogP contribution in [0.4, 0.5) is 5.69 Å². The second kappa shape index (κ2) is 2.66. The molecule has 1 aliphatic heterocycles. The molecule has 0 unspecified atom stereocenters. The number of nitrogens with zero attached hydrogens (tertiary/aromatic N) is 2. The smallest absolute Gasteiger partial charge is 0.222 e. The average Bonchev–Trinajstić information content (AvgIpc) is 2.04. The first-order valence-corrected chi connectivity index (χ1v) is 3.99. The van der Waals surface area contributed by atoms with E-state index in [0.29, 0.717) is 5.28 Å². The van der Waals surface area contributed by atoms with Crippen molar-refractivity contribution in [1.29, 1.82) is 0 Å². The molecule has 1 aromatic heterocycles. The zero-order valence-electron chi connectivity index (χ0n) is 5.97. The lowest BCUT2D eigenvalue weighted by Gasteiger charge is -2.15. The second-order valence-corrected chi connectivity index (χ2v) is 2.87. The number of aromatic nitrogens is 2. The van der Waals surface area contributed by atoms with E-state index in [0.717, 1.165) is 30.8 Å². The van der Waals surface area contributed by atoms with E-state index in [1.165, 1.54) is 0 Å². The van der Waals surface area contributed by atoms with Crippen LogP contribution in [0.15, 0.2) is 6.20 Å². The van der Waals surface area contributed by atoms with Crippen molar-refractivity contribution in [2.45, 2.75) is 12.8 Å². The molecule has 0 amide bonds. The van der Waals surface area contributed by atoms with Crippen molar-refractivity contribution in [3.05, 3.63) is 17.2 Å². The van der Waals surface area contributed by atoms with Gasteiger partial charge < -0.3 is 5.32 Å². The van der Waals surface area contributed by atoms with Crippen LogP contribution in [-0.2, 0) is 6.42 Å². The first-order valence-electron chi connectivity index (χ1n) is 3.61. The Balaban J connectivity index is 2.43. The summed E-state index contributed by atoms with van der Waals surface area (Å²) in [5.74, 6) is 0. The van der Waals surface area contributed by atoms with E-state index < -0.39 is 0 Å². The van der Waals surface area contributed by atoms with Gasteiger partial charge in [-0.05, 0) is 24.4 Å². The fourth-order valence-electron chi connectivity index (χ4n) is 1.21. The van der Waals surface area contributed by atoms with E-state index in [4.69, 9.17) is 11.6 Å². The van der Waals surface area contributed by atoms with Crippen LogP contribution in [0, 0.1) is 0 Å². The third-order valence-corrected chi connectivity index (χ3v) is 1.93. The molecule has 0 atom stereocenters. The number of nitrogens with one attached hydrogen (secondary N) is 1. The van der Waals surface area contributed by atoms with Gasteiger partial charge in [0.2, 0.25) is 5.28 Å². The Kier molecular flexibility index (Phi) is 1.66. The number of fused-ring (bicyclic) bond motifs is 1. The predicted octanol–water partition coefficient (Wildman–Crippen LogP) is 1.49. The summed E-state index contributed by atoms with van der Waals surface area (Å²) in [6.07, 6.45) is 3.87. The molecule has 0 fully saturated rings. The number of aryl methyl sites for hydroxylation is 1. The van der Waals surface area contributed by atoms with Gasteiger partial charge in [-0.2, -0.15) is 0 Å². The van der Waals surface area contributed by atoms with Gasteiger partial charge in [-0.1, -0.05) is 0 Å². The fraction of sp³-hybridized carbons (Fsp3) is 0.429. The van der Waals surface area contributed by atoms with Gasteiger partial charge in [0.1, 0.15) is 0 Å². The maximum absolute atomic E-state index is 5.63. The maximum Gasteiger partial charge on any atom is 0.222 e. The van der Waals surface area contributed by atoms with Crippen LogP contribution in [0.25, 0.3) is 0 Å². The van der Waals surface area contributed by atoms with Gasteiger partial charge in [0.15, 0.2) is 0 Å². The van der Waals surface area contributed by atoms with Crippen molar-refractivity contribution in [2.75, 3.05) is 11.9 Å². The molecule has 11 heavy (non-hydrogen) atoms. The molecule has 0 saturated heterocycles. The van der Waals surface area contributed by atoms with Gasteiger partial charge in [-0.25, -0.2) is 9.97 Å². The lowest BCUT2D eigenvalue weighted by atomic mass is 10.1. The highest BCUT2D eigenvalue weighted by Crippen LogP contribution is 2.19. The molecule has 58 valence electrons. The first-order chi connectivity index (χ1) is 5.36. The van der Waals surface area contributed by atoms with Crippen molar-refractivity contribution in [3.63, 3.8) is 0 Å². The molecule has 0 radical (unpaired) electrons. The standard InChI is InChI=1S/C7H8ClN3/c8-7-10-4-6-5(11-7)2-1-3-9-6/h4,9H,1-3H2. The molecule has 0 bridgehead atoms. The van der Waals surface area contributed by atoms with E-state index in [1.807, 2.05) is 0 Å². The third kappa shape index (κ3) is 1.28. The Hall–Kier alpha value is -0.830. The molecule has 0 saturated carbocycles. The molecular weight excluding hydrogens is 162 g/mol. The van der Waals surface area contributed by atoms with Gasteiger partial charge in [-0.3, -0.25) is 0 Å². The lowest BCUT2D eigenvalue weighted by molar-refractivity contribution is 0.794. The summed E-state index contributed by atoms with van der Waals surface area (Å²) in [7, 11) is 0. The largest absolute Gasteiger partial charge is 0.382 e. The number of halogens is 1. The van der Waals surface area contributed by atoms with E-state index >= 15 is 0 Å². The molecule has 1 aliphatic rings. The summed E-state index contributed by atoms with van der Waals surface area (Å²) in [4.78, 5) is 7.99. The van der Waals surface area contributed by atoms with Crippen molar-refractivity contribution in [2.24, 2.45) is 0 Å². The van der Waals surface area contributed by atoms with Crippen molar-refractivity contribution in [1.82, 2.24) is 9.97 Å². The van der Waals surface area contributed by atoms with Crippen LogP contribution in [-0.4, -0.2) is 16.5 Å². The average molecular weight is 170 g/mol.